The number of hydrogen-bond acceptors (Lipinski definition) is 6. The minimum atomic E-state index is -0.109. The Bertz CT molecular complexity index is 1010. The number of carbonyl (C=O) groups is 1. The van der Waals surface area contributed by atoms with E-state index in [1.807, 2.05) is 33.9 Å². The molecule has 2 aliphatic rings. The molecule has 1 amide bonds. The average molecular weight is 465 g/mol. The van der Waals surface area contributed by atoms with Crippen LogP contribution in [0.4, 0.5) is 0 Å². The number of carbonyl (C=O) groups excluding carboxylic acids is 1. The average Bonchev–Trinajstić information content (AvgIpc) is 3.17. The van der Waals surface area contributed by atoms with Crippen LogP contribution in [-0.4, -0.2) is 68.7 Å². The van der Waals surface area contributed by atoms with Gasteiger partial charge in [0.2, 0.25) is 0 Å². The van der Waals surface area contributed by atoms with Gasteiger partial charge >= 0.3 is 0 Å². The highest BCUT2D eigenvalue weighted by Gasteiger charge is 2.38. The van der Waals surface area contributed by atoms with Gasteiger partial charge in [-0.25, -0.2) is 9.97 Å². The standard InChI is InChI=1S/C21H24N6O2.2ClH/c28-20(26-7-3-21(4-8-26)14-23-6-9-29-21)17-10-18-19(24-12-17)27(15-25-18)13-16-2-1-5-22-11-16;;/h1-2,5,10-12,15,23H,3-4,6-9,13-14H2;2*1H. The molecule has 0 aromatic carbocycles. The van der Waals surface area contributed by atoms with E-state index in [2.05, 4.69) is 20.3 Å². The third-order valence-electron chi connectivity index (χ3n) is 5.87. The van der Waals surface area contributed by atoms with Crippen molar-refractivity contribution in [2.45, 2.75) is 25.0 Å². The van der Waals surface area contributed by atoms with E-state index in [9.17, 15) is 4.79 Å². The van der Waals surface area contributed by atoms with E-state index in [1.165, 1.54) is 0 Å². The first-order valence-corrected chi connectivity index (χ1v) is 10.1. The van der Waals surface area contributed by atoms with Crippen LogP contribution < -0.4 is 5.32 Å². The Morgan fingerprint density at radius 3 is 2.74 bits per heavy atom. The summed E-state index contributed by atoms with van der Waals surface area (Å²) >= 11 is 0. The Morgan fingerprint density at radius 2 is 2.03 bits per heavy atom. The van der Waals surface area contributed by atoms with Crippen LogP contribution in [0.15, 0.2) is 43.1 Å². The van der Waals surface area contributed by atoms with Crippen molar-refractivity contribution in [2.24, 2.45) is 0 Å². The number of nitrogens with zero attached hydrogens (tertiary/aromatic N) is 5. The van der Waals surface area contributed by atoms with Gasteiger partial charge in [-0.1, -0.05) is 6.07 Å². The zero-order chi connectivity index (χ0) is 19.7. The van der Waals surface area contributed by atoms with Crippen LogP contribution in [-0.2, 0) is 11.3 Å². The van der Waals surface area contributed by atoms with E-state index in [-0.39, 0.29) is 36.3 Å². The molecule has 3 aromatic heterocycles. The Labute approximate surface area is 193 Å². The first-order valence-electron chi connectivity index (χ1n) is 10.1. The summed E-state index contributed by atoms with van der Waals surface area (Å²) in [6.07, 6.45) is 8.73. The van der Waals surface area contributed by atoms with Gasteiger partial charge in [-0.2, -0.15) is 0 Å². The molecule has 0 aliphatic carbocycles. The fourth-order valence-electron chi connectivity index (χ4n) is 4.20. The molecule has 0 atom stereocenters. The number of amides is 1. The maximum atomic E-state index is 13.0. The number of aromatic nitrogens is 4. The molecule has 0 bridgehead atoms. The predicted molar refractivity (Wildman–Crippen MR) is 122 cm³/mol. The second-order valence-electron chi connectivity index (χ2n) is 7.80. The van der Waals surface area contributed by atoms with Crippen LogP contribution in [0.25, 0.3) is 11.2 Å². The molecule has 1 spiro atoms. The number of piperidine rings is 1. The molecule has 2 saturated heterocycles. The van der Waals surface area contributed by atoms with Crippen LogP contribution in [0.5, 0.6) is 0 Å². The van der Waals surface area contributed by atoms with Crippen molar-refractivity contribution < 1.29 is 9.53 Å². The van der Waals surface area contributed by atoms with Crippen molar-refractivity contribution >= 4 is 41.9 Å². The molecule has 0 radical (unpaired) electrons. The fraction of sp³-hybridized carbons (Fsp3) is 0.429. The van der Waals surface area contributed by atoms with Crippen molar-refractivity contribution in [1.29, 1.82) is 0 Å². The number of fused-ring (bicyclic) bond motifs is 1. The summed E-state index contributed by atoms with van der Waals surface area (Å²) in [5.41, 5.74) is 3.05. The molecule has 0 saturated carbocycles. The number of imidazole rings is 1. The van der Waals surface area contributed by atoms with Crippen molar-refractivity contribution in [3.05, 3.63) is 54.2 Å². The van der Waals surface area contributed by atoms with Gasteiger partial charge < -0.3 is 19.5 Å². The Balaban J connectivity index is 0.00000136. The van der Waals surface area contributed by atoms with Crippen molar-refractivity contribution in [2.75, 3.05) is 32.8 Å². The summed E-state index contributed by atoms with van der Waals surface area (Å²) in [7, 11) is 0. The van der Waals surface area contributed by atoms with Crippen LogP contribution in [0, 0.1) is 0 Å². The van der Waals surface area contributed by atoms with Crippen LogP contribution in [0.1, 0.15) is 28.8 Å². The smallest absolute Gasteiger partial charge is 0.255 e. The topological polar surface area (TPSA) is 85.2 Å². The molecule has 3 aromatic rings. The fourth-order valence-corrected chi connectivity index (χ4v) is 4.20. The number of morpholine rings is 1. The number of pyridine rings is 2. The summed E-state index contributed by atoms with van der Waals surface area (Å²) < 4.78 is 7.99. The molecule has 31 heavy (non-hydrogen) atoms. The Hall–Kier alpha value is -2.26. The monoisotopic (exact) mass is 464 g/mol. The lowest BCUT2D eigenvalue weighted by atomic mass is 9.90. The van der Waals surface area contributed by atoms with Crippen LogP contribution in [0.2, 0.25) is 0 Å². The van der Waals surface area contributed by atoms with Crippen LogP contribution in [0.3, 0.4) is 0 Å². The summed E-state index contributed by atoms with van der Waals surface area (Å²) in [6.45, 7) is 4.57. The van der Waals surface area contributed by atoms with Gasteiger partial charge in [-0.05, 0) is 30.5 Å². The van der Waals surface area contributed by atoms with Crippen molar-refractivity contribution in [1.82, 2.24) is 29.7 Å². The quantitative estimate of drug-likeness (QED) is 0.639. The lowest BCUT2D eigenvalue weighted by Gasteiger charge is -2.44. The van der Waals surface area contributed by atoms with Gasteiger partial charge in [-0.15, -0.1) is 24.8 Å². The Morgan fingerprint density at radius 1 is 1.19 bits per heavy atom. The summed E-state index contributed by atoms with van der Waals surface area (Å²) in [5.74, 6) is 0.0137. The van der Waals surface area contributed by atoms with E-state index in [4.69, 9.17) is 4.74 Å². The lowest BCUT2D eigenvalue weighted by Crippen LogP contribution is -2.56. The van der Waals surface area contributed by atoms with Gasteiger partial charge in [0, 0.05) is 44.8 Å². The van der Waals surface area contributed by atoms with E-state index in [0.717, 1.165) is 49.3 Å². The normalized spacial score (nSPS) is 17.7. The molecule has 1 N–H and O–H groups in total. The lowest BCUT2D eigenvalue weighted by molar-refractivity contribution is -0.0954. The van der Waals surface area contributed by atoms with E-state index in [0.29, 0.717) is 25.2 Å². The molecule has 8 nitrogen and oxygen atoms in total. The van der Waals surface area contributed by atoms with E-state index in [1.54, 1.807) is 18.7 Å². The molecular formula is C21H26Cl2N6O2. The van der Waals surface area contributed by atoms with Gasteiger partial charge in [0.15, 0.2) is 5.65 Å². The number of ether oxygens (including phenoxy) is 1. The minimum Gasteiger partial charge on any atom is -0.372 e. The second kappa shape index (κ2) is 9.91. The number of nitrogens with one attached hydrogen (secondary N) is 1. The van der Waals surface area contributed by atoms with Gasteiger partial charge in [0.1, 0.15) is 5.52 Å². The number of likely N-dealkylation sites (tertiary alicyclic amines) is 1. The maximum absolute atomic E-state index is 13.0. The van der Waals surface area contributed by atoms with E-state index < -0.39 is 0 Å². The van der Waals surface area contributed by atoms with Gasteiger partial charge in [0.25, 0.3) is 5.91 Å². The SMILES string of the molecule is Cl.Cl.O=C(c1cnc2c(c1)ncn2Cc1cccnc1)N1CCC2(CC1)CNCCO2. The molecule has 166 valence electrons. The summed E-state index contributed by atoms with van der Waals surface area (Å²) in [5, 5.41) is 3.41. The second-order valence-corrected chi connectivity index (χ2v) is 7.80. The van der Waals surface area contributed by atoms with E-state index >= 15 is 0 Å². The van der Waals surface area contributed by atoms with Crippen molar-refractivity contribution in [3.8, 4) is 0 Å². The largest absolute Gasteiger partial charge is 0.372 e. The number of halogens is 2. The third-order valence-corrected chi connectivity index (χ3v) is 5.87. The summed E-state index contributed by atoms with van der Waals surface area (Å²) in [6, 6.07) is 5.77. The molecule has 10 heteroatoms. The number of hydrogen-bond donors (Lipinski definition) is 1. The first kappa shape index (κ1) is 23.4. The molecule has 5 rings (SSSR count). The molecule has 5 heterocycles. The highest BCUT2D eigenvalue weighted by molar-refractivity contribution is 5.96. The van der Waals surface area contributed by atoms with Crippen molar-refractivity contribution in [3.63, 3.8) is 0 Å². The predicted octanol–water partition coefficient (Wildman–Crippen LogP) is 2.31. The third kappa shape index (κ3) is 4.82. The zero-order valence-corrected chi connectivity index (χ0v) is 18.7. The number of rotatable bonds is 3. The highest BCUT2D eigenvalue weighted by atomic mass is 35.5. The summed E-state index contributed by atoms with van der Waals surface area (Å²) in [4.78, 5) is 28.0. The van der Waals surface area contributed by atoms with Gasteiger partial charge in [-0.3, -0.25) is 9.78 Å². The van der Waals surface area contributed by atoms with Crippen LogP contribution >= 0.6 is 24.8 Å². The molecule has 2 aliphatic heterocycles. The first-order chi connectivity index (χ1) is 14.2. The molecule has 0 unspecified atom stereocenters. The molecular weight excluding hydrogens is 439 g/mol. The minimum absolute atomic E-state index is 0. The highest BCUT2D eigenvalue weighted by Crippen LogP contribution is 2.28. The molecule has 2 fully saturated rings. The maximum Gasteiger partial charge on any atom is 0.255 e. The van der Waals surface area contributed by atoms with Gasteiger partial charge in [0.05, 0.1) is 30.6 Å². The zero-order valence-electron chi connectivity index (χ0n) is 17.1. The Kier molecular flexibility index (Phi) is 7.48.